The van der Waals surface area contributed by atoms with Gasteiger partial charge in [0, 0.05) is 35.1 Å². The van der Waals surface area contributed by atoms with E-state index in [9.17, 15) is 4.79 Å². The molecule has 9 nitrogen and oxygen atoms in total. The summed E-state index contributed by atoms with van der Waals surface area (Å²) in [5.41, 5.74) is 2.29. The van der Waals surface area contributed by atoms with Crippen molar-refractivity contribution in [3.63, 3.8) is 0 Å². The van der Waals surface area contributed by atoms with Gasteiger partial charge in [-0.15, -0.1) is 0 Å². The monoisotopic (exact) mass is 480 g/mol. The molecule has 0 radical (unpaired) electrons. The summed E-state index contributed by atoms with van der Waals surface area (Å²) < 4.78 is 0. The van der Waals surface area contributed by atoms with Gasteiger partial charge in [-0.2, -0.15) is 0 Å². The highest BCUT2D eigenvalue weighted by molar-refractivity contribution is 5.99. The molecule has 8 bridgehead atoms. The maximum absolute atomic E-state index is 12.3. The van der Waals surface area contributed by atoms with Gasteiger partial charge in [0.05, 0.1) is 17.1 Å². The minimum atomic E-state index is -0.160. The number of rotatable bonds is 1. The second-order valence-corrected chi connectivity index (χ2v) is 8.65. The van der Waals surface area contributed by atoms with E-state index in [4.69, 9.17) is 15.0 Å². The van der Waals surface area contributed by atoms with E-state index in [2.05, 4.69) is 5.32 Å². The van der Waals surface area contributed by atoms with E-state index in [1.165, 1.54) is 6.92 Å². The van der Waals surface area contributed by atoms with E-state index in [-0.39, 0.29) is 5.91 Å². The molecule has 9 heteroatoms. The van der Waals surface area contributed by atoms with Gasteiger partial charge in [0.25, 0.3) is 0 Å². The Balaban J connectivity index is 1.77. The first kappa shape index (κ1) is 23.1. The molecule has 0 unspecified atom stereocenters. The minimum Gasteiger partial charge on any atom is -0.328 e. The third-order valence-corrected chi connectivity index (χ3v) is 6.27. The number of carbonyl (C=O) groups excluding carboxylic acids is 1. The Morgan fingerprint density at radius 3 is 1.19 bits per heavy atom. The zero-order valence-electron chi connectivity index (χ0n) is 21.0. The first-order valence-electron chi connectivity index (χ1n) is 11.6. The first-order valence-corrected chi connectivity index (χ1v) is 11.6. The molecular formula is C27H28N8O. The summed E-state index contributed by atoms with van der Waals surface area (Å²) in [6, 6.07) is 23.5. The number of carbonyl (C=O) groups is 1. The average molecular weight is 481 g/mol. The fourth-order valence-electron chi connectivity index (χ4n) is 4.23. The summed E-state index contributed by atoms with van der Waals surface area (Å²) in [4.78, 5) is 34.8. The van der Waals surface area contributed by atoms with Crippen molar-refractivity contribution in [2.45, 2.75) is 6.92 Å². The number of hydrogen-bond acceptors (Lipinski definition) is 8. The summed E-state index contributed by atoms with van der Waals surface area (Å²) in [6.45, 7) is 1.51. The van der Waals surface area contributed by atoms with Gasteiger partial charge >= 0.3 is 0 Å². The predicted molar refractivity (Wildman–Crippen MR) is 146 cm³/mol. The van der Waals surface area contributed by atoms with Crippen LogP contribution in [0.2, 0.25) is 0 Å². The molecule has 1 amide bonds. The van der Waals surface area contributed by atoms with Gasteiger partial charge in [-0.05, 0) is 48.5 Å². The van der Waals surface area contributed by atoms with Crippen molar-refractivity contribution in [3.05, 3.63) is 72.8 Å². The molecule has 182 valence electrons. The number of fused-ring (bicyclic) bond motifs is 8. The average Bonchev–Trinajstić information content (AvgIpc) is 2.91. The highest BCUT2D eigenvalue weighted by Crippen LogP contribution is 2.40. The van der Waals surface area contributed by atoms with Crippen molar-refractivity contribution < 1.29 is 4.79 Å². The topological polar surface area (TPSA) is 80.7 Å². The van der Waals surface area contributed by atoms with E-state index in [1.807, 2.05) is 121 Å². The Morgan fingerprint density at radius 1 is 0.556 bits per heavy atom. The SMILES string of the molecule is CC(=O)Nc1c2cccc1N(C)c1cccc(n1)N(C)c1cccc(n1)N(C)c1cccc(n1)N2C. The van der Waals surface area contributed by atoms with Crippen LogP contribution in [0.3, 0.4) is 0 Å². The molecule has 0 saturated heterocycles. The standard InChI is InChI=1S/C27H28N8O/c1-18(36)28-27-19-10-6-11-20(27)33(3)22-13-8-15-24(30-22)35(5)26-17-9-16-25(31-26)34(4)23-14-7-12-21(29-23)32(19)2/h6-17H,1-5H3,(H,28,36). The third kappa shape index (κ3) is 4.15. The number of anilines is 9. The van der Waals surface area contributed by atoms with Crippen LogP contribution in [0.15, 0.2) is 72.8 Å². The van der Waals surface area contributed by atoms with Crippen LogP contribution in [-0.4, -0.2) is 49.0 Å². The number of hydrogen-bond donors (Lipinski definition) is 1. The smallest absolute Gasteiger partial charge is 0.221 e. The number of pyridine rings is 3. The molecule has 0 saturated carbocycles. The molecule has 0 fully saturated rings. The first-order chi connectivity index (χ1) is 17.3. The lowest BCUT2D eigenvalue weighted by molar-refractivity contribution is -0.114. The molecule has 1 N–H and O–H groups in total. The van der Waals surface area contributed by atoms with Crippen molar-refractivity contribution >= 4 is 57.9 Å². The van der Waals surface area contributed by atoms with Crippen LogP contribution in [-0.2, 0) is 4.79 Å². The highest BCUT2D eigenvalue weighted by atomic mass is 16.1. The van der Waals surface area contributed by atoms with Crippen molar-refractivity contribution in [1.82, 2.24) is 15.0 Å². The summed E-state index contributed by atoms with van der Waals surface area (Å²) in [5, 5.41) is 3.04. The van der Waals surface area contributed by atoms with Gasteiger partial charge in [0.2, 0.25) is 5.91 Å². The lowest BCUT2D eigenvalue weighted by atomic mass is 10.1. The van der Waals surface area contributed by atoms with Crippen molar-refractivity contribution in [2.24, 2.45) is 0 Å². The maximum atomic E-state index is 12.3. The van der Waals surface area contributed by atoms with E-state index < -0.39 is 0 Å². The molecule has 36 heavy (non-hydrogen) atoms. The Labute approximate surface area is 210 Å². The van der Waals surface area contributed by atoms with Crippen LogP contribution in [0, 0.1) is 0 Å². The second-order valence-electron chi connectivity index (χ2n) is 8.65. The second kappa shape index (κ2) is 9.18. The number of aromatic nitrogens is 3. The number of para-hydroxylation sites is 1. The van der Waals surface area contributed by atoms with E-state index in [0.29, 0.717) is 5.69 Å². The summed E-state index contributed by atoms with van der Waals surface area (Å²) >= 11 is 0. The molecule has 1 aliphatic heterocycles. The Morgan fingerprint density at radius 2 is 0.861 bits per heavy atom. The molecule has 4 heterocycles. The highest BCUT2D eigenvalue weighted by Gasteiger charge is 2.21. The predicted octanol–water partition coefficient (Wildman–Crippen LogP) is 5.22. The number of nitrogens with zero attached hydrogens (tertiary/aromatic N) is 7. The zero-order valence-corrected chi connectivity index (χ0v) is 21.0. The Bertz CT molecular complexity index is 1350. The summed E-state index contributed by atoms with van der Waals surface area (Å²) in [6.07, 6.45) is 0. The van der Waals surface area contributed by atoms with Crippen LogP contribution < -0.4 is 24.9 Å². The zero-order chi connectivity index (χ0) is 25.4. The molecule has 3 aromatic heterocycles. The van der Waals surface area contributed by atoms with Crippen LogP contribution >= 0.6 is 0 Å². The molecule has 0 aliphatic carbocycles. The fourth-order valence-corrected chi connectivity index (χ4v) is 4.23. The van der Waals surface area contributed by atoms with Crippen LogP contribution in [0.1, 0.15) is 6.92 Å². The van der Waals surface area contributed by atoms with Gasteiger partial charge in [-0.3, -0.25) is 4.79 Å². The molecule has 1 aromatic carbocycles. The van der Waals surface area contributed by atoms with Gasteiger partial charge in [-0.1, -0.05) is 24.3 Å². The Kier molecular flexibility index (Phi) is 5.89. The lowest BCUT2D eigenvalue weighted by Gasteiger charge is -2.29. The largest absolute Gasteiger partial charge is 0.328 e. The number of benzene rings is 1. The van der Waals surface area contributed by atoms with Crippen molar-refractivity contribution in [2.75, 3.05) is 53.1 Å². The third-order valence-electron chi connectivity index (χ3n) is 6.27. The van der Waals surface area contributed by atoms with Crippen molar-refractivity contribution in [1.29, 1.82) is 0 Å². The van der Waals surface area contributed by atoms with Gasteiger partial charge in [0.1, 0.15) is 34.9 Å². The summed E-state index contributed by atoms with van der Waals surface area (Å²) in [7, 11) is 7.76. The van der Waals surface area contributed by atoms with Gasteiger partial charge in [-0.25, -0.2) is 15.0 Å². The number of nitrogens with one attached hydrogen (secondary N) is 1. The number of amides is 1. The van der Waals surface area contributed by atoms with E-state index >= 15 is 0 Å². The maximum Gasteiger partial charge on any atom is 0.221 e. The minimum absolute atomic E-state index is 0.160. The van der Waals surface area contributed by atoms with E-state index in [0.717, 1.165) is 46.3 Å². The van der Waals surface area contributed by atoms with Gasteiger partial charge < -0.3 is 24.9 Å². The molecule has 4 aromatic rings. The Hall–Kier alpha value is -4.66. The van der Waals surface area contributed by atoms with E-state index in [1.54, 1.807) is 0 Å². The molecule has 0 spiro atoms. The fraction of sp³-hybridized carbons (Fsp3) is 0.185. The van der Waals surface area contributed by atoms with Crippen LogP contribution in [0.5, 0.6) is 0 Å². The van der Waals surface area contributed by atoms with Crippen LogP contribution in [0.25, 0.3) is 0 Å². The normalized spacial score (nSPS) is 13.0. The van der Waals surface area contributed by atoms with Crippen molar-refractivity contribution in [3.8, 4) is 0 Å². The summed E-state index contributed by atoms with van der Waals surface area (Å²) in [5.74, 6) is 4.30. The molecular weight excluding hydrogens is 452 g/mol. The van der Waals surface area contributed by atoms with Crippen LogP contribution in [0.4, 0.5) is 52.0 Å². The molecule has 1 aliphatic rings. The lowest BCUT2D eigenvalue weighted by Crippen LogP contribution is -2.22. The molecule has 5 rings (SSSR count). The quantitative estimate of drug-likeness (QED) is 0.397. The molecule has 0 atom stereocenters. The van der Waals surface area contributed by atoms with Gasteiger partial charge in [0.15, 0.2) is 0 Å².